The Bertz CT molecular complexity index is 423. The first-order valence-corrected chi connectivity index (χ1v) is 7.04. The third-order valence-electron chi connectivity index (χ3n) is 3.37. The molecule has 0 radical (unpaired) electrons. The zero-order valence-electron chi connectivity index (χ0n) is 12.1. The normalized spacial score (nSPS) is 16.4. The van der Waals surface area contributed by atoms with Crippen molar-refractivity contribution in [3.05, 3.63) is 36.4 Å². The van der Waals surface area contributed by atoms with Crippen molar-refractivity contribution < 1.29 is 4.74 Å². The minimum atomic E-state index is 0.715. The molecule has 1 aliphatic heterocycles. The molecule has 1 aromatic carbocycles. The predicted octanol–water partition coefficient (Wildman–Crippen LogP) is 2.78. The molecule has 2 rings (SSSR count). The molecule has 1 aliphatic rings. The van der Waals surface area contributed by atoms with Gasteiger partial charge in [-0.3, -0.25) is 4.90 Å². The fraction of sp³-hybridized carbons (Fsp3) is 0.500. The van der Waals surface area contributed by atoms with Crippen molar-refractivity contribution in [3.8, 4) is 5.75 Å². The van der Waals surface area contributed by atoms with Gasteiger partial charge in [0, 0.05) is 32.7 Å². The Morgan fingerprint density at radius 2 is 1.89 bits per heavy atom. The second kappa shape index (κ2) is 6.62. The van der Waals surface area contributed by atoms with E-state index in [9.17, 15) is 0 Å². The van der Waals surface area contributed by atoms with Crippen LogP contribution in [0.3, 0.4) is 0 Å². The summed E-state index contributed by atoms with van der Waals surface area (Å²) in [6.45, 7) is 14.1. The molecule has 3 heteroatoms. The Labute approximate surface area is 116 Å². The molecule has 104 valence electrons. The Kier molecular flexibility index (Phi) is 4.86. The average molecular weight is 260 g/mol. The molecule has 1 fully saturated rings. The summed E-state index contributed by atoms with van der Waals surface area (Å²) in [5.74, 6) is 0.998. The molecule has 0 unspecified atom stereocenters. The summed E-state index contributed by atoms with van der Waals surface area (Å²) < 4.78 is 5.71. The Morgan fingerprint density at radius 1 is 1.21 bits per heavy atom. The quantitative estimate of drug-likeness (QED) is 0.757. The SMILES string of the molecule is C=C(C)CN1CCN(c2ccccc2OCC)CC1. The highest BCUT2D eigenvalue weighted by Crippen LogP contribution is 2.28. The highest BCUT2D eigenvalue weighted by molar-refractivity contribution is 5.58. The van der Waals surface area contributed by atoms with E-state index >= 15 is 0 Å². The van der Waals surface area contributed by atoms with E-state index in [1.807, 2.05) is 13.0 Å². The van der Waals surface area contributed by atoms with Gasteiger partial charge in [0.25, 0.3) is 0 Å². The van der Waals surface area contributed by atoms with Crippen molar-refractivity contribution in [2.24, 2.45) is 0 Å². The molecule has 0 N–H and O–H groups in total. The highest BCUT2D eigenvalue weighted by atomic mass is 16.5. The third-order valence-corrected chi connectivity index (χ3v) is 3.37. The van der Waals surface area contributed by atoms with Crippen LogP contribution < -0.4 is 9.64 Å². The molecule has 0 atom stereocenters. The Balaban J connectivity index is 1.99. The molecular formula is C16H24N2O. The van der Waals surface area contributed by atoms with E-state index in [-0.39, 0.29) is 0 Å². The average Bonchev–Trinajstić information content (AvgIpc) is 2.40. The topological polar surface area (TPSA) is 15.7 Å². The van der Waals surface area contributed by atoms with Crippen molar-refractivity contribution in [1.29, 1.82) is 0 Å². The first-order chi connectivity index (χ1) is 9.20. The number of hydrogen-bond donors (Lipinski definition) is 0. The molecule has 0 spiro atoms. The van der Waals surface area contributed by atoms with Crippen molar-refractivity contribution in [2.45, 2.75) is 13.8 Å². The van der Waals surface area contributed by atoms with Gasteiger partial charge in [0.15, 0.2) is 0 Å². The summed E-state index contributed by atoms with van der Waals surface area (Å²) in [5, 5.41) is 0. The number of benzene rings is 1. The van der Waals surface area contributed by atoms with Gasteiger partial charge < -0.3 is 9.64 Å². The minimum absolute atomic E-state index is 0.715. The summed E-state index contributed by atoms with van der Waals surface area (Å²) in [6.07, 6.45) is 0. The molecular weight excluding hydrogens is 236 g/mol. The van der Waals surface area contributed by atoms with Crippen LogP contribution in [0.1, 0.15) is 13.8 Å². The van der Waals surface area contributed by atoms with E-state index in [1.54, 1.807) is 0 Å². The zero-order chi connectivity index (χ0) is 13.7. The van der Waals surface area contributed by atoms with Crippen molar-refractivity contribution >= 4 is 5.69 Å². The van der Waals surface area contributed by atoms with Crippen LogP contribution in [0.15, 0.2) is 36.4 Å². The van der Waals surface area contributed by atoms with Gasteiger partial charge in [-0.05, 0) is 26.0 Å². The van der Waals surface area contributed by atoms with Gasteiger partial charge in [-0.15, -0.1) is 0 Å². The van der Waals surface area contributed by atoms with Gasteiger partial charge >= 0.3 is 0 Å². The van der Waals surface area contributed by atoms with Crippen molar-refractivity contribution in [2.75, 3.05) is 44.2 Å². The van der Waals surface area contributed by atoms with Crippen molar-refractivity contribution in [1.82, 2.24) is 4.90 Å². The third kappa shape index (κ3) is 3.74. The molecule has 1 heterocycles. The predicted molar refractivity (Wildman–Crippen MR) is 81.1 cm³/mol. The monoisotopic (exact) mass is 260 g/mol. The smallest absolute Gasteiger partial charge is 0.142 e. The molecule has 3 nitrogen and oxygen atoms in total. The minimum Gasteiger partial charge on any atom is -0.492 e. The molecule has 0 aromatic heterocycles. The standard InChI is InChI=1S/C16H24N2O/c1-4-19-16-8-6-5-7-15(16)18-11-9-17(10-12-18)13-14(2)3/h5-8H,2,4,9-13H2,1,3H3. The number of rotatable bonds is 5. The molecule has 0 bridgehead atoms. The number of hydrogen-bond acceptors (Lipinski definition) is 3. The number of nitrogens with zero attached hydrogens (tertiary/aromatic N) is 2. The van der Waals surface area contributed by atoms with E-state index in [0.29, 0.717) is 6.61 Å². The fourth-order valence-electron chi connectivity index (χ4n) is 2.52. The van der Waals surface area contributed by atoms with Crippen molar-refractivity contribution in [3.63, 3.8) is 0 Å². The number of ether oxygens (including phenoxy) is 1. The summed E-state index contributed by atoms with van der Waals surface area (Å²) in [4.78, 5) is 4.88. The first-order valence-electron chi connectivity index (χ1n) is 7.04. The highest BCUT2D eigenvalue weighted by Gasteiger charge is 2.19. The van der Waals surface area contributed by atoms with Gasteiger partial charge in [-0.2, -0.15) is 0 Å². The first kappa shape index (κ1) is 13.9. The van der Waals surface area contributed by atoms with Crippen LogP contribution in [0.2, 0.25) is 0 Å². The van der Waals surface area contributed by atoms with Crippen LogP contribution in [0, 0.1) is 0 Å². The lowest BCUT2D eigenvalue weighted by atomic mass is 10.2. The van der Waals surface area contributed by atoms with E-state index in [1.165, 1.54) is 11.3 Å². The van der Waals surface area contributed by atoms with Crippen LogP contribution in [0.5, 0.6) is 5.75 Å². The summed E-state index contributed by atoms with van der Waals surface area (Å²) in [5.41, 5.74) is 2.46. The van der Waals surface area contributed by atoms with Gasteiger partial charge in [0.2, 0.25) is 0 Å². The maximum absolute atomic E-state index is 5.71. The number of para-hydroxylation sites is 2. The molecule has 1 aromatic rings. The Morgan fingerprint density at radius 3 is 2.53 bits per heavy atom. The van der Waals surface area contributed by atoms with Gasteiger partial charge in [-0.25, -0.2) is 0 Å². The summed E-state index contributed by atoms with van der Waals surface area (Å²) in [7, 11) is 0. The van der Waals surface area contributed by atoms with Crippen LogP contribution in [0.25, 0.3) is 0 Å². The van der Waals surface area contributed by atoms with Crippen LogP contribution in [-0.4, -0.2) is 44.2 Å². The number of anilines is 1. The van der Waals surface area contributed by atoms with E-state index in [4.69, 9.17) is 4.74 Å². The maximum Gasteiger partial charge on any atom is 0.142 e. The molecule has 1 saturated heterocycles. The van der Waals surface area contributed by atoms with E-state index < -0.39 is 0 Å². The second-order valence-corrected chi connectivity index (χ2v) is 5.12. The van der Waals surface area contributed by atoms with Crippen LogP contribution >= 0.6 is 0 Å². The number of piperazine rings is 1. The lowest BCUT2D eigenvalue weighted by molar-refractivity contribution is 0.276. The second-order valence-electron chi connectivity index (χ2n) is 5.12. The van der Waals surface area contributed by atoms with Gasteiger partial charge in [-0.1, -0.05) is 24.3 Å². The molecule has 0 aliphatic carbocycles. The van der Waals surface area contributed by atoms with E-state index in [0.717, 1.165) is 38.5 Å². The fourth-order valence-corrected chi connectivity index (χ4v) is 2.52. The van der Waals surface area contributed by atoms with Gasteiger partial charge in [0.05, 0.1) is 12.3 Å². The van der Waals surface area contributed by atoms with Crippen LogP contribution in [0.4, 0.5) is 5.69 Å². The van der Waals surface area contributed by atoms with E-state index in [2.05, 4.69) is 41.5 Å². The lowest BCUT2D eigenvalue weighted by Crippen LogP contribution is -2.46. The summed E-state index contributed by atoms with van der Waals surface area (Å²) in [6, 6.07) is 8.32. The summed E-state index contributed by atoms with van der Waals surface area (Å²) >= 11 is 0. The maximum atomic E-state index is 5.71. The zero-order valence-corrected chi connectivity index (χ0v) is 12.1. The Hall–Kier alpha value is -1.48. The largest absolute Gasteiger partial charge is 0.492 e. The lowest BCUT2D eigenvalue weighted by Gasteiger charge is -2.36. The van der Waals surface area contributed by atoms with Gasteiger partial charge in [0.1, 0.15) is 5.75 Å². The van der Waals surface area contributed by atoms with Crippen LogP contribution in [-0.2, 0) is 0 Å². The molecule has 0 amide bonds. The molecule has 0 saturated carbocycles. The molecule has 19 heavy (non-hydrogen) atoms.